The van der Waals surface area contributed by atoms with Crippen molar-refractivity contribution in [3.8, 4) is 33.4 Å². The largest absolute Gasteiger partial charge is 0.310 e. The summed E-state index contributed by atoms with van der Waals surface area (Å²) >= 11 is 1.87. The van der Waals surface area contributed by atoms with Crippen molar-refractivity contribution in [1.29, 1.82) is 0 Å². The Hall–Kier alpha value is -7.00. The summed E-state index contributed by atoms with van der Waals surface area (Å²) in [6, 6.07) is 78.0. The van der Waals surface area contributed by atoms with Gasteiger partial charge in [0, 0.05) is 37.1 Å². The molecule has 0 saturated heterocycles. The van der Waals surface area contributed by atoms with E-state index in [-0.39, 0.29) is 0 Å². The van der Waals surface area contributed by atoms with Gasteiger partial charge in [0.2, 0.25) is 0 Å². The van der Waals surface area contributed by atoms with Gasteiger partial charge in [-0.1, -0.05) is 164 Å². The molecular formula is C54H35NS. The topological polar surface area (TPSA) is 3.24 Å². The Kier molecular flexibility index (Phi) is 7.75. The van der Waals surface area contributed by atoms with Crippen molar-refractivity contribution in [2.24, 2.45) is 0 Å². The molecule has 2 heteroatoms. The van der Waals surface area contributed by atoms with Crippen LogP contribution >= 0.6 is 11.3 Å². The zero-order valence-electron chi connectivity index (χ0n) is 30.6. The van der Waals surface area contributed by atoms with E-state index in [2.05, 4.69) is 217 Å². The Morgan fingerprint density at radius 1 is 0.304 bits per heavy atom. The lowest BCUT2D eigenvalue weighted by molar-refractivity contribution is 1.30. The molecule has 56 heavy (non-hydrogen) atoms. The van der Waals surface area contributed by atoms with Gasteiger partial charge in [0.25, 0.3) is 0 Å². The van der Waals surface area contributed by atoms with E-state index in [9.17, 15) is 0 Å². The van der Waals surface area contributed by atoms with E-state index in [0.717, 1.165) is 17.1 Å². The molecule has 1 nitrogen and oxygen atoms in total. The van der Waals surface area contributed by atoms with Crippen molar-refractivity contribution in [2.45, 2.75) is 0 Å². The zero-order chi connectivity index (χ0) is 37.0. The lowest BCUT2D eigenvalue weighted by atomic mass is 9.89. The molecule has 0 unspecified atom stereocenters. The third kappa shape index (κ3) is 5.54. The summed E-state index contributed by atoms with van der Waals surface area (Å²) in [5.74, 6) is 0. The van der Waals surface area contributed by atoms with Gasteiger partial charge in [-0.2, -0.15) is 0 Å². The van der Waals surface area contributed by atoms with E-state index in [1.807, 2.05) is 11.3 Å². The van der Waals surface area contributed by atoms with Crippen LogP contribution in [-0.2, 0) is 0 Å². The van der Waals surface area contributed by atoms with Gasteiger partial charge in [-0.05, 0) is 109 Å². The Morgan fingerprint density at radius 2 is 0.929 bits per heavy atom. The molecule has 1 aromatic heterocycles. The molecule has 0 aliphatic heterocycles. The number of nitrogens with zero attached hydrogens (tertiary/aromatic N) is 1. The summed E-state index contributed by atoms with van der Waals surface area (Å²) in [6.45, 7) is 0. The Labute approximate surface area is 330 Å². The zero-order valence-corrected chi connectivity index (χ0v) is 31.4. The third-order valence-electron chi connectivity index (χ3n) is 11.2. The maximum atomic E-state index is 2.48. The van der Waals surface area contributed by atoms with Crippen molar-refractivity contribution in [3.05, 3.63) is 212 Å². The van der Waals surface area contributed by atoms with Crippen molar-refractivity contribution in [3.63, 3.8) is 0 Å². The molecule has 11 rings (SSSR count). The minimum absolute atomic E-state index is 1.12. The van der Waals surface area contributed by atoms with Gasteiger partial charge in [-0.3, -0.25) is 0 Å². The predicted octanol–water partition coefficient (Wildman–Crippen LogP) is 16.0. The van der Waals surface area contributed by atoms with Crippen molar-refractivity contribution in [2.75, 3.05) is 4.90 Å². The standard InChI is InChI=1S/C54H35NS/c1-2-12-36(13-3-1)42-27-31-52-50(34-42)48-30-29-45(35-53(48)56-52)55(44-28-26-38-15-5-7-18-41(38)33-44)51-23-11-22-49(47-21-10-19-39-16-8-9-20-46(39)47)54(51)43-25-24-37-14-4-6-17-40(37)32-43/h1-35H. The van der Waals surface area contributed by atoms with Crippen LogP contribution in [-0.4, -0.2) is 0 Å². The van der Waals surface area contributed by atoms with E-state index in [1.54, 1.807) is 0 Å². The fourth-order valence-corrected chi connectivity index (χ4v) is 9.64. The summed E-state index contributed by atoms with van der Waals surface area (Å²) < 4.78 is 2.56. The summed E-state index contributed by atoms with van der Waals surface area (Å²) in [5, 5.41) is 9.95. The van der Waals surface area contributed by atoms with Crippen molar-refractivity contribution < 1.29 is 0 Å². The fourth-order valence-electron chi connectivity index (χ4n) is 8.52. The lowest BCUT2D eigenvalue weighted by Gasteiger charge is -2.30. The average molecular weight is 730 g/mol. The molecule has 0 radical (unpaired) electrons. The third-order valence-corrected chi connectivity index (χ3v) is 12.3. The normalized spacial score (nSPS) is 11.6. The number of benzene rings is 10. The fraction of sp³-hybridized carbons (Fsp3) is 0. The first-order chi connectivity index (χ1) is 27.7. The molecule has 0 aliphatic carbocycles. The Morgan fingerprint density at radius 3 is 1.77 bits per heavy atom. The number of hydrogen-bond donors (Lipinski definition) is 0. The molecule has 11 aromatic rings. The summed E-state index contributed by atoms with van der Waals surface area (Å²) in [6.07, 6.45) is 0. The maximum absolute atomic E-state index is 2.48. The molecule has 0 fully saturated rings. The van der Waals surface area contributed by atoms with Crippen LogP contribution in [0.4, 0.5) is 17.1 Å². The molecule has 262 valence electrons. The second-order valence-electron chi connectivity index (χ2n) is 14.5. The number of hydrogen-bond acceptors (Lipinski definition) is 2. The highest BCUT2D eigenvalue weighted by Gasteiger charge is 2.23. The molecule has 1 heterocycles. The number of fused-ring (bicyclic) bond motifs is 6. The van der Waals surface area contributed by atoms with E-state index in [0.29, 0.717) is 0 Å². The SMILES string of the molecule is c1ccc(-c2ccc3sc4cc(N(c5ccc6ccccc6c5)c5cccc(-c6cccc7ccccc67)c5-c5ccc6ccccc6c5)ccc4c3c2)cc1. The highest BCUT2D eigenvalue weighted by atomic mass is 32.1. The Balaban J connectivity index is 1.18. The second-order valence-corrected chi connectivity index (χ2v) is 15.6. The number of rotatable bonds is 6. The minimum atomic E-state index is 1.12. The van der Waals surface area contributed by atoms with Gasteiger partial charge in [0.15, 0.2) is 0 Å². The van der Waals surface area contributed by atoms with Crippen LogP contribution in [0.1, 0.15) is 0 Å². The Bertz CT molecular complexity index is 3260. The van der Waals surface area contributed by atoms with E-state index in [1.165, 1.54) is 85.9 Å². The smallest absolute Gasteiger partial charge is 0.0546 e. The molecule has 0 saturated carbocycles. The maximum Gasteiger partial charge on any atom is 0.0546 e. The van der Waals surface area contributed by atoms with Crippen LogP contribution in [0.2, 0.25) is 0 Å². The molecular weight excluding hydrogens is 695 g/mol. The lowest BCUT2D eigenvalue weighted by Crippen LogP contribution is -2.11. The molecule has 0 aliphatic rings. The highest BCUT2D eigenvalue weighted by Crippen LogP contribution is 2.49. The van der Waals surface area contributed by atoms with E-state index >= 15 is 0 Å². The van der Waals surface area contributed by atoms with Crippen LogP contribution in [0.25, 0.3) is 85.9 Å². The average Bonchev–Trinajstić information content (AvgIpc) is 3.63. The van der Waals surface area contributed by atoms with Crippen LogP contribution in [0.5, 0.6) is 0 Å². The number of anilines is 3. The van der Waals surface area contributed by atoms with Crippen molar-refractivity contribution >= 4 is 80.9 Å². The van der Waals surface area contributed by atoms with Crippen LogP contribution in [0, 0.1) is 0 Å². The van der Waals surface area contributed by atoms with Gasteiger partial charge in [0.1, 0.15) is 0 Å². The number of thiophene rings is 1. The van der Waals surface area contributed by atoms with Gasteiger partial charge < -0.3 is 4.90 Å². The molecule has 0 amide bonds. The summed E-state index contributed by atoms with van der Waals surface area (Å²) in [7, 11) is 0. The first kappa shape index (κ1) is 32.4. The molecule has 0 bridgehead atoms. The van der Waals surface area contributed by atoms with E-state index < -0.39 is 0 Å². The molecule has 0 spiro atoms. The predicted molar refractivity (Wildman–Crippen MR) is 243 cm³/mol. The van der Waals surface area contributed by atoms with E-state index in [4.69, 9.17) is 0 Å². The molecule has 0 N–H and O–H groups in total. The quantitative estimate of drug-likeness (QED) is 0.165. The second kappa shape index (κ2) is 13.4. The van der Waals surface area contributed by atoms with Crippen LogP contribution < -0.4 is 4.90 Å². The minimum Gasteiger partial charge on any atom is -0.310 e. The molecule has 0 atom stereocenters. The first-order valence-corrected chi connectivity index (χ1v) is 20.0. The van der Waals surface area contributed by atoms with Gasteiger partial charge in [-0.15, -0.1) is 11.3 Å². The first-order valence-electron chi connectivity index (χ1n) is 19.2. The van der Waals surface area contributed by atoms with Gasteiger partial charge in [0.05, 0.1) is 5.69 Å². The van der Waals surface area contributed by atoms with Crippen molar-refractivity contribution in [1.82, 2.24) is 0 Å². The monoisotopic (exact) mass is 729 g/mol. The van der Waals surface area contributed by atoms with Gasteiger partial charge >= 0.3 is 0 Å². The van der Waals surface area contributed by atoms with Gasteiger partial charge in [-0.25, -0.2) is 0 Å². The highest BCUT2D eigenvalue weighted by molar-refractivity contribution is 7.25. The summed E-state index contributed by atoms with van der Waals surface area (Å²) in [4.78, 5) is 2.48. The summed E-state index contributed by atoms with van der Waals surface area (Å²) in [5.41, 5.74) is 10.7. The van der Waals surface area contributed by atoms with Crippen LogP contribution in [0.15, 0.2) is 212 Å². The molecule has 10 aromatic carbocycles. The van der Waals surface area contributed by atoms with Crippen LogP contribution in [0.3, 0.4) is 0 Å².